The summed E-state index contributed by atoms with van der Waals surface area (Å²) in [5.41, 5.74) is 2.92. The molecular formula is C15H24N2O. The van der Waals surface area contributed by atoms with Gasteiger partial charge in [-0.2, -0.15) is 0 Å². The van der Waals surface area contributed by atoms with E-state index in [-0.39, 0.29) is 0 Å². The Labute approximate surface area is 110 Å². The van der Waals surface area contributed by atoms with Crippen LogP contribution in [0.15, 0.2) is 24.3 Å². The van der Waals surface area contributed by atoms with Crippen molar-refractivity contribution in [1.29, 1.82) is 0 Å². The van der Waals surface area contributed by atoms with E-state index in [4.69, 9.17) is 4.74 Å². The average molecular weight is 248 g/mol. The third-order valence-corrected chi connectivity index (χ3v) is 3.64. The maximum Gasteiger partial charge on any atom is 0.0619 e. The average Bonchev–Trinajstić information content (AvgIpc) is 2.40. The van der Waals surface area contributed by atoms with Gasteiger partial charge in [-0.15, -0.1) is 0 Å². The van der Waals surface area contributed by atoms with Crippen LogP contribution in [0.25, 0.3) is 0 Å². The van der Waals surface area contributed by atoms with Gasteiger partial charge in [-0.3, -0.25) is 4.90 Å². The number of hydrogen-bond donors (Lipinski definition) is 1. The van der Waals surface area contributed by atoms with E-state index in [1.54, 1.807) is 0 Å². The predicted octanol–water partition coefficient (Wildman–Crippen LogP) is 1.67. The maximum atomic E-state index is 5.49. The summed E-state index contributed by atoms with van der Waals surface area (Å²) in [6, 6.07) is 9.31. The largest absolute Gasteiger partial charge is 0.379 e. The third kappa shape index (κ3) is 3.55. The molecule has 1 unspecified atom stereocenters. The molecule has 1 aliphatic heterocycles. The van der Waals surface area contributed by atoms with Crippen LogP contribution in [-0.4, -0.2) is 44.3 Å². The number of ether oxygens (including phenoxy) is 1. The summed E-state index contributed by atoms with van der Waals surface area (Å²) in [5.74, 6) is 0. The van der Waals surface area contributed by atoms with Crippen molar-refractivity contribution in [1.82, 2.24) is 10.2 Å². The Hall–Kier alpha value is -0.900. The lowest BCUT2D eigenvalue weighted by Crippen LogP contribution is -2.43. The standard InChI is InChI=1S/C15H24N2O/c1-13-12-18-10-9-17(13)11-15-6-4-3-5-14(15)7-8-16-2/h3-6,13,16H,7-12H2,1-2H3. The van der Waals surface area contributed by atoms with Gasteiger partial charge in [0.15, 0.2) is 0 Å². The number of benzene rings is 1. The van der Waals surface area contributed by atoms with Crippen LogP contribution in [0.5, 0.6) is 0 Å². The van der Waals surface area contributed by atoms with Crippen LogP contribution >= 0.6 is 0 Å². The van der Waals surface area contributed by atoms with Crippen LogP contribution in [-0.2, 0) is 17.7 Å². The van der Waals surface area contributed by atoms with E-state index in [1.807, 2.05) is 7.05 Å². The fourth-order valence-corrected chi connectivity index (χ4v) is 2.43. The van der Waals surface area contributed by atoms with Gasteiger partial charge in [-0.05, 0) is 38.1 Å². The molecule has 0 bridgehead atoms. The van der Waals surface area contributed by atoms with Crippen LogP contribution in [0.2, 0.25) is 0 Å². The monoisotopic (exact) mass is 248 g/mol. The summed E-state index contributed by atoms with van der Waals surface area (Å²) in [6.45, 7) is 7.10. The number of morpholine rings is 1. The topological polar surface area (TPSA) is 24.5 Å². The van der Waals surface area contributed by atoms with Gasteiger partial charge in [-0.25, -0.2) is 0 Å². The molecule has 1 N–H and O–H groups in total. The smallest absolute Gasteiger partial charge is 0.0619 e. The fourth-order valence-electron chi connectivity index (χ4n) is 2.43. The Morgan fingerprint density at radius 3 is 2.83 bits per heavy atom. The molecule has 1 aliphatic rings. The van der Waals surface area contributed by atoms with Gasteiger partial charge in [0.05, 0.1) is 13.2 Å². The Morgan fingerprint density at radius 2 is 2.11 bits per heavy atom. The molecule has 0 saturated carbocycles. The molecule has 0 spiro atoms. The molecule has 18 heavy (non-hydrogen) atoms. The number of hydrogen-bond acceptors (Lipinski definition) is 3. The first-order valence-electron chi connectivity index (χ1n) is 6.84. The van der Waals surface area contributed by atoms with Crippen molar-refractivity contribution in [2.45, 2.75) is 25.9 Å². The summed E-state index contributed by atoms with van der Waals surface area (Å²) in [6.07, 6.45) is 1.10. The van der Waals surface area contributed by atoms with Gasteiger partial charge < -0.3 is 10.1 Å². The predicted molar refractivity (Wildman–Crippen MR) is 74.8 cm³/mol. The molecule has 3 heteroatoms. The molecule has 1 saturated heterocycles. The van der Waals surface area contributed by atoms with E-state index in [0.717, 1.165) is 39.3 Å². The Bertz CT molecular complexity index is 367. The zero-order chi connectivity index (χ0) is 12.8. The molecule has 0 aromatic heterocycles. The van der Waals surface area contributed by atoms with Crippen LogP contribution in [0, 0.1) is 0 Å². The lowest BCUT2D eigenvalue weighted by Gasteiger charge is -2.33. The van der Waals surface area contributed by atoms with E-state index in [1.165, 1.54) is 11.1 Å². The van der Waals surface area contributed by atoms with Gasteiger partial charge in [-0.1, -0.05) is 24.3 Å². The highest BCUT2D eigenvalue weighted by atomic mass is 16.5. The molecule has 100 valence electrons. The van der Waals surface area contributed by atoms with E-state index in [9.17, 15) is 0 Å². The minimum absolute atomic E-state index is 0.524. The van der Waals surface area contributed by atoms with E-state index in [0.29, 0.717) is 6.04 Å². The third-order valence-electron chi connectivity index (χ3n) is 3.64. The zero-order valence-electron chi connectivity index (χ0n) is 11.5. The molecule has 3 nitrogen and oxygen atoms in total. The molecule has 1 fully saturated rings. The van der Waals surface area contributed by atoms with Crippen molar-refractivity contribution in [3.63, 3.8) is 0 Å². The van der Waals surface area contributed by atoms with Gasteiger partial charge in [0, 0.05) is 19.1 Å². The van der Waals surface area contributed by atoms with Crippen LogP contribution in [0.4, 0.5) is 0 Å². The van der Waals surface area contributed by atoms with Gasteiger partial charge >= 0.3 is 0 Å². The quantitative estimate of drug-likeness (QED) is 0.858. The summed E-state index contributed by atoms with van der Waals surface area (Å²) in [4.78, 5) is 2.52. The SMILES string of the molecule is CNCCc1ccccc1CN1CCOCC1C. The molecule has 1 aromatic carbocycles. The summed E-state index contributed by atoms with van der Waals surface area (Å²) < 4.78 is 5.49. The van der Waals surface area contributed by atoms with E-state index in [2.05, 4.69) is 41.4 Å². The van der Waals surface area contributed by atoms with Crippen LogP contribution in [0.3, 0.4) is 0 Å². The van der Waals surface area contributed by atoms with Crippen molar-refractivity contribution >= 4 is 0 Å². The van der Waals surface area contributed by atoms with Crippen molar-refractivity contribution in [3.8, 4) is 0 Å². The first-order chi connectivity index (χ1) is 8.81. The highest BCUT2D eigenvalue weighted by Gasteiger charge is 2.19. The summed E-state index contributed by atoms with van der Waals surface area (Å²) in [7, 11) is 2.01. The highest BCUT2D eigenvalue weighted by molar-refractivity contribution is 5.27. The first-order valence-corrected chi connectivity index (χ1v) is 6.84. The van der Waals surface area contributed by atoms with Crippen LogP contribution < -0.4 is 5.32 Å². The Kier molecular flexibility index (Phi) is 5.17. The second-order valence-electron chi connectivity index (χ2n) is 5.02. The van der Waals surface area contributed by atoms with Gasteiger partial charge in [0.1, 0.15) is 0 Å². The fraction of sp³-hybridized carbons (Fsp3) is 0.600. The normalized spacial score (nSPS) is 21.1. The second kappa shape index (κ2) is 6.88. The van der Waals surface area contributed by atoms with Gasteiger partial charge in [0.25, 0.3) is 0 Å². The number of likely N-dealkylation sites (N-methyl/N-ethyl adjacent to an activating group) is 1. The number of nitrogens with zero attached hydrogens (tertiary/aromatic N) is 1. The van der Waals surface area contributed by atoms with Crippen LogP contribution in [0.1, 0.15) is 18.1 Å². The molecule has 1 heterocycles. The van der Waals surface area contributed by atoms with Gasteiger partial charge in [0.2, 0.25) is 0 Å². The van der Waals surface area contributed by atoms with Crippen molar-refractivity contribution in [2.75, 3.05) is 33.4 Å². The highest BCUT2D eigenvalue weighted by Crippen LogP contribution is 2.16. The van der Waals surface area contributed by atoms with E-state index >= 15 is 0 Å². The maximum absolute atomic E-state index is 5.49. The summed E-state index contributed by atoms with van der Waals surface area (Å²) >= 11 is 0. The molecular weight excluding hydrogens is 224 g/mol. The minimum Gasteiger partial charge on any atom is -0.379 e. The lowest BCUT2D eigenvalue weighted by atomic mass is 10.0. The second-order valence-corrected chi connectivity index (χ2v) is 5.02. The Balaban J connectivity index is 2.03. The molecule has 0 amide bonds. The number of nitrogens with one attached hydrogen (secondary N) is 1. The zero-order valence-corrected chi connectivity index (χ0v) is 11.5. The molecule has 1 aromatic rings. The number of rotatable bonds is 5. The van der Waals surface area contributed by atoms with Crippen molar-refractivity contribution in [2.24, 2.45) is 0 Å². The van der Waals surface area contributed by atoms with E-state index < -0.39 is 0 Å². The molecule has 1 atom stereocenters. The molecule has 0 aliphatic carbocycles. The van der Waals surface area contributed by atoms with Crippen molar-refractivity contribution < 1.29 is 4.74 Å². The minimum atomic E-state index is 0.524. The first kappa shape index (κ1) is 13.5. The van der Waals surface area contributed by atoms with Crippen molar-refractivity contribution in [3.05, 3.63) is 35.4 Å². The molecule has 2 rings (SSSR count). The molecule has 0 radical (unpaired) electrons. The Morgan fingerprint density at radius 1 is 1.33 bits per heavy atom. The summed E-state index contributed by atoms with van der Waals surface area (Å²) in [5, 5.41) is 3.22. The lowest BCUT2D eigenvalue weighted by molar-refractivity contribution is -0.00447.